The highest BCUT2D eigenvalue weighted by Gasteiger charge is 2.06. The number of aromatic amines is 2. The minimum absolute atomic E-state index is 0.218. The van der Waals surface area contributed by atoms with Crippen molar-refractivity contribution in [2.75, 3.05) is 18.4 Å². The Balaban J connectivity index is 0.000000186. The average Bonchev–Trinajstić information content (AvgIpc) is 3.58. The molecule has 0 bridgehead atoms. The highest BCUT2D eigenvalue weighted by molar-refractivity contribution is 5.83. The summed E-state index contributed by atoms with van der Waals surface area (Å²) in [7, 11) is 0. The van der Waals surface area contributed by atoms with Crippen LogP contribution in [0.3, 0.4) is 0 Å². The maximum absolute atomic E-state index is 11.2. The third kappa shape index (κ3) is 6.30. The lowest BCUT2D eigenvalue weighted by molar-refractivity contribution is 0.112. The molecule has 0 saturated heterocycles. The van der Waals surface area contributed by atoms with Crippen LogP contribution in [0.5, 0.6) is 5.88 Å². The molecular weight excluding hydrogens is 488 g/mol. The van der Waals surface area contributed by atoms with Crippen LogP contribution >= 0.6 is 0 Å². The zero-order chi connectivity index (χ0) is 27.2. The maximum Gasteiger partial charge on any atom is 0.326 e. The van der Waals surface area contributed by atoms with Gasteiger partial charge < -0.3 is 15.4 Å². The van der Waals surface area contributed by atoms with E-state index >= 15 is 0 Å². The number of carbonyl (C=O) groups is 1. The van der Waals surface area contributed by atoms with Crippen molar-refractivity contribution >= 4 is 29.5 Å². The lowest BCUT2D eigenvalue weighted by Gasteiger charge is -2.07. The molecule has 0 atom stereocenters. The van der Waals surface area contributed by atoms with Crippen molar-refractivity contribution in [2.24, 2.45) is 16.8 Å². The lowest BCUT2D eigenvalue weighted by Crippen LogP contribution is -2.14. The second-order valence-electron chi connectivity index (χ2n) is 9.45. The molecule has 0 radical (unpaired) electrons. The quantitative estimate of drug-likeness (QED) is 0.233. The third-order valence-corrected chi connectivity index (χ3v) is 5.25. The fourth-order valence-electron chi connectivity index (χ4n) is 3.37. The monoisotopic (exact) mass is 518 g/mol. The van der Waals surface area contributed by atoms with E-state index in [4.69, 9.17) is 0 Å². The molecule has 0 saturated carbocycles. The lowest BCUT2D eigenvalue weighted by atomic mass is 10.2. The van der Waals surface area contributed by atoms with Gasteiger partial charge in [0.05, 0.1) is 18.0 Å². The number of aromatic hydroxyl groups is 1. The van der Waals surface area contributed by atoms with Gasteiger partial charge in [0.2, 0.25) is 5.88 Å². The van der Waals surface area contributed by atoms with Gasteiger partial charge in [-0.05, 0) is 24.0 Å². The maximum atomic E-state index is 11.2. The zero-order valence-electron chi connectivity index (χ0n) is 21.6. The van der Waals surface area contributed by atoms with Gasteiger partial charge in [0.25, 0.3) is 0 Å². The molecule has 5 rings (SSSR count). The Bertz CT molecular complexity index is 1730. The van der Waals surface area contributed by atoms with E-state index in [1.807, 2.05) is 6.07 Å². The summed E-state index contributed by atoms with van der Waals surface area (Å²) in [5, 5.41) is 21.7. The first kappa shape index (κ1) is 26.3. The molecular formula is C25H30N10O3. The van der Waals surface area contributed by atoms with Crippen LogP contribution in [0, 0.1) is 11.8 Å². The number of rotatable bonds is 7. The number of hydrogen-bond donors (Lipinski definition) is 4. The Hall–Kier alpha value is -4.81. The molecule has 0 fully saturated rings. The summed E-state index contributed by atoms with van der Waals surface area (Å²) in [6.07, 6.45) is 9.06. The van der Waals surface area contributed by atoms with Crippen LogP contribution in [0.2, 0.25) is 0 Å². The number of H-pyrrole nitrogens is 2. The molecule has 4 N–H and O–H groups in total. The van der Waals surface area contributed by atoms with Gasteiger partial charge in [-0.3, -0.25) is 14.8 Å². The van der Waals surface area contributed by atoms with Crippen molar-refractivity contribution in [1.82, 2.24) is 39.2 Å². The van der Waals surface area contributed by atoms with E-state index in [0.717, 1.165) is 18.6 Å². The van der Waals surface area contributed by atoms with Crippen LogP contribution in [-0.4, -0.2) is 63.6 Å². The number of imidazole rings is 1. The van der Waals surface area contributed by atoms with Gasteiger partial charge in [-0.15, -0.1) is 0 Å². The van der Waals surface area contributed by atoms with Crippen LogP contribution < -0.4 is 21.7 Å². The second-order valence-corrected chi connectivity index (χ2v) is 9.45. The molecule has 5 aromatic heterocycles. The molecule has 5 aromatic rings. The predicted octanol–water partition coefficient (Wildman–Crippen LogP) is 1.17. The number of carbonyl (C=O) groups excluding carboxylic acids is 1. The first-order chi connectivity index (χ1) is 18.2. The van der Waals surface area contributed by atoms with Crippen molar-refractivity contribution in [3.05, 3.63) is 69.4 Å². The molecule has 38 heavy (non-hydrogen) atoms. The number of hydrogen-bond acceptors (Lipinski definition) is 9. The fourth-order valence-corrected chi connectivity index (χ4v) is 3.37. The van der Waals surface area contributed by atoms with Gasteiger partial charge in [-0.2, -0.15) is 10.2 Å². The van der Waals surface area contributed by atoms with Crippen molar-refractivity contribution in [1.29, 1.82) is 0 Å². The van der Waals surface area contributed by atoms with E-state index in [0.29, 0.717) is 45.9 Å². The number of fused-ring (bicyclic) bond motifs is 2. The predicted molar refractivity (Wildman–Crippen MR) is 142 cm³/mol. The SMILES string of the molecule is CC(C)CN=c1ccn2ncc(=Cc3[nH]c(=O)[nH]c3O)c2n1.CC(C)CNc1ccn2ncc(C=O)c2n1. The number of nitrogens with zero attached hydrogens (tertiary/aromatic N) is 7. The summed E-state index contributed by atoms with van der Waals surface area (Å²) in [6.45, 7) is 9.98. The Kier molecular flexibility index (Phi) is 7.94. The summed E-state index contributed by atoms with van der Waals surface area (Å²) in [5.74, 6) is 1.55. The van der Waals surface area contributed by atoms with E-state index in [-0.39, 0.29) is 11.6 Å². The average molecular weight is 519 g/mol. The third-order valence-electron chi connectivity index (χ3n) is 5.25. The van der Waals surface area contributed by atoms with E-state index in [1.165, 1.54) is 6.20 Å². The largest absolute Gasteiger partial charge is 0.493 e. The highest BCUT2D eigenvalue weighted by atomic mass is 16.3. The van der Waals surface area contributed by atoms with Crippen molar-refractivity contribution in [2.45, 2.75) is 27.7 Å². The van der Waals surface area contributed by atoms with E-state index in [2.05, 4.69) is 68.1 Å². The first-order valence-corrected chi connectivity index (χ1v) is 12.1. The normalized spacial score (nSPS) is 12.5. The molecule has 0 aliphatic heterocycles. The summed E-state index contributed by atoms with van der Waals surface area (Å²) >= 11 is 0. The van der Waals surface area contributed by atoms with Crippen LogP contribution in [0.15, 0.2) is 46.7 Å². The standard InChI is InChI=1S/C14H16N6O2.C11H14N4O/c1-8(2)6-15-11-3-4-20-12(18-11)9(7-16-20)5-10-13(21)19-14(22)17-10;1-8(2)5-12-10-3-4-15-11(14-10)9(7-16)6-13-15/h3-5,7-8,21H,6H2,1-2H3,(H2,17,19,22);3-4,6-8H,5H2,1-2H3,(H,12,14). The topological polar surface area (TPSA) is 171 Å². The Morgan fingerprint density at radius 3 is 2.45 bits per heavy atom. The van der Waals surface area contributed by atoms with Crippen LogP contribution in [0.1, 0.15) is 43.7 Å². The molecule has 0 aliphatic carbocycles. The van der Waals surface area contributed by atoms with Gasteiger partial charge >= 0.3 is 5.69 Å². The summed E-state index contributed by atoms with van der Waals surface area (Å²) in [4.78, 5) is 39.9. The van der Waals surface area contributed by atoms with Gasteiger partial charge in [-0.1, -0.05) is 27.7 Å². The van der Waals surface area contributed by atoms with E-state index in [1.54, 1.807) is 39.8 Å². The van der Waals surface area contributed by atoms with Crippen molar-refractivity contribution in [3.63, 3.8) is 0 Å². The van der Waals surface area contributed by atoms with Gasteiger partial charge in [0.1, 0.15) is 11.5 Å². The molecule has 0 aliphatic rings. The van der Waals surface area contributed by atoms with Crippen LogP contribution in [0.25, 0.3) is 17.4 Å². The molecule has 0 amide bonds. The smallest absolute Gasteiger partial charge is 0.326 e. The van der Waals surface area contributed by atoms with Gasteiger partial charge in [0, 0.05) is 36.8 Å². The molecule has 5 heterocycles. The summed E-state index contributed by atoms with van der Waals surface area (Å²) < 4.78 is 3.20. The number of anilines is 1. The van der Waals surface area contributed by atoms with Crippen molar-refractivity contribution < 1.29 is 9.90 Å². The van der Waals surface area contributed by atoms with Crippen LogP contribution in [-0.2, 0) is 0 Å². The second kappa shape index (κ2) is 11.5. The van der Waals surface area contributed by atoms with E-state index in [9.17, 15) is 14.7 Å². The Labute approximate surface area is 217 Å². The van der Waals surface area contributed by atoms with Gasteiger partial charge in [0.15, 0.2) is 23.1 Å². The summed E-state index contributed by atoms with van der Waals surface area (Å²) in [6, 6.07) is 3.64. The number of aromatic nitrogens is 8. The molecule has 0 unspecified atom stereocenters. The molecule has 198 valence electrons. The Morgan fingerprint density at radius 1 is 1.03 bits per heavy atom. The zero-order valence-corrected chi connectivity index (χ0v) is 21.6. The summed E-state index contributed by atoms with van der Waals surface area (Å²) in [5.41, 5.74) is 2.14. The van der Waals surface area contributed by atoms with Gasteiger partial charge in [-0.25, -0.2) is 23.8 Å². The van der Waals surface area contributed by atoms with E-state index < -0.39 is 5.69 Å². The van der Waals surface area contributed by atoms with Crippen LogP contribution in [0.4, 0.5) is 5.82 Å². The molecule has 13 heteroatoms. The minimum atomic E-state index is -0.471. The molecule has 0 aromatic carbocycles. The first-order valence-electron chi connectivity index (χ1n) is 12.1. The fraction of sp³-hybridized carbons (Fsp3) is 0.320. The van der Waals surface area contributed by atoms with Crippen molar-refractivity contribution in [3.8, 4) is 5.88 Å². The number of aldehydes is 1. The highest BCUT2D eigenvalue weighted by Crippen LogP contribution is 2.10. The number of nitrogens with one attached hydrogen (secondary N) is 3. The minimum Gasteiger partial charge on any atom is -0.493 e. The molecule has 0 spiro atoms. The Morgan fingerprint density at radius 2 is 1.76 bits per heavy atom. The molecule has 13 nitrogen and oxygen atoms in total.